The van der Waals surface area contributed by atoms with Gasteiger partial charge >= 0.3 is 0 Å². The van der Waals surface area contributed by atoms with Crippen molar-refractivity contribution >= 4 is 27.6 Å². The molecule has 0 spiro atoms. The summed E-state index contributed by atoms with van der Waals surface area (Å²) in [6.45, 7) is 5.13. The first-order valence-corrected chi connectivity index (χ1v) is 7.52. The molecular formula is C16H16BrFN2O2. The van der Waals surface area contributed by atoms with Crippen LogP contribution in [0.25, 0.3) is 0 Å². The molecule has 6 heteroatoms. The quantitative estimate of drug-likeness (QED) is 0.811. The average Bonchev–Trinajstić information content (AvgIpc) is 2.74. The molecule has 2 N–H and O–H groups in total. The van der Waals surface area contributed by atoms with E-state index in [2.05, 4.69) is 26.2 Å². The van der Waals surface area contributed by atoms with Crippen LogP contribution in [-0.2, 0) is 6.54 Å². The smallest absolute Gasteiger partial charge is 0.268 e. The van der Waals surface area contributed by atoms with Crippen LogP contribution < -0.4 is 5.32 Å². The number of aromatic nitrogens is 1. The van der Waals surface area contributed by atoms with E-state index < -0.39 is 0 Å². The van der Waals surface area contributed by atoms with Gasteiger partial charge in [0, 0.05) is 22.3 Å². The van der Waals surface area contributed by atoms with Crippen molar-refractivity contribution in [3.05, 3.63) is 56.6 Å². The summed E-state index contributed by atoms with van der Waals surface area (Å²) in [6, 6.07) is 4.29. The van der Waals surface area contributed by atoms with Gasteiger partial charge in [-0.1, -0.05) is 15.9 Å². The third-order valence-electron chi connectivity index (χ3n) is 3.46. The van der Waals surface area contributed by atoms with E-state index in [0.717, 1.165) is 4.47 Å². The predicted molar refractivity (Wildman–Crippen MR) is 85.5 cm³/mol. The van der Waals surface area contributed by atoms with Crippen molar-refractivity contribution in [1.29, 1.82) is 0 Å². The minimum atomic E-state index is -0.363. The molecule has 1 heterocycles. The number of rotatable bonds is 4. The zero-order valence-corrected chi connectivity index (χ0v) is 14.1. The Labute approximate surface area is 136 Å². The second-order valence-electron chi connectivity index (χ2n) is 5.10. The number of hydrogen-bond acceptors (Lipinski definition) is 2. The van der Waals surface area contributed by atoms with E-state index in [1.165, 1.54) is 19.1 Å². The van der Waals surface area contributed by atoms with Crippen LogP contribution in [0, 0.1) is 19.7 Å². The normalized spacial score (nSPS) is 10.6. The number of halogens is 2. The topological polar surface area (TPSA) is 62.0 Å². The molecular weight excluding hydrogens is 351 g/mol. The zero-order valence-electron chi connectivity index (χ0n) is 12.5. The highest BCUT2D eigenvalue weighted by molar-refractivity contribution is 9.10. The number of hydrogen-bond donors (Lipinski definition) is 2. The van der Waals surface area contributed by atoms with Gasteiger partial charge < -0.3 is 10.3 Å². The molecule has 1 aromatic carbocycles. The van der Waals surface area contributed by atoms with E-state index >= 15 is 0 Å². The Morgan fingerprint density at radius 2 is 2.00 bits per heavy atom. The zero-order chi connectivity index (χ0) is 16.4. The van der Waals surface area contributed by atoms with Crippen LogP contribution >= 0.6 is 15.9 Å². The molecule has 0 atom stereocenters. The second-order valence-corrected chi connectivity index (χ2v) is 5.95. The highest BCUT2D eigenvalue weighted by Gasteiger charge is 2.19. The summed E-state index contributed by atoms with van der Waals surface area (Å²) >= 11 is 3.32. The molecule has 0 aliphatic carbocycles. The molecule has 0 bridgehead atoms. The molecule has 2 rings (SSSR count). The minimum absolute atomic E-state index is 0.0850. The van der Waals surface area contributed by atoms with Crippen LogP contribution in [0.3, 0.4) is 0 Å². The lowest BCUT2D eigenvalue weighted by Crippen LogP contribution is -2.24. The van der Waals surface area contributed by atoms with Gasteiger partial charge in [-0.3, -0.25) is 9.59 Å². The third kappa shape index (κ3) is 3.27. The van der Waals surface area contributed by atoms with Gasteiger partial charge in [-0.2, -0.15) is 0 Å². The van der Waals surface area contributed by atoms with E-state index in [1.807, 2.05) is 0 Å². The Hall–Kier alpha value is -1.95. The summed E-state index contributed by atoms with van der Waals surface area (Å²) in [6.07, 6.45) is 0. The Morgan fingerprint density at radius 1 is 1.32 bits per heavy atom. The Balaban J connectivity index is 2.18. The van der Waals surface area contributed by atoms with E-state index in [9.17, 15) is 14.0 Å². The van der Waals surface area contributed by atoms with Gasteiger partial charge in [-0.15, -0.1) is 0 Å². The maximum Gasteiger partial charge on any atom is 0.268 e. The number of aromatic amines is 1. The Kier molecular flexibility index (Phi) is 4.81. The lowest BCUT2D eigenvalue weighted by molar-refractivity contribution is 0.0945. The van der Waals surface area contributed by atoms with Crippen molar-refractivity contribution < 1.29 is 14.0 Å². The van der Waals surface area contributed by atoms with Gasteiger partial charge in [-0.05, 0) is 50.1 Å². The molecule has 0 saturated heterocycles. The fourth-order valence-corrected chi connectivity index (χ4v) is 2.83. The summed E-state index contributed by atoms with van der Waals surface area (Å²) in [4.78, 5) is 26.8. The molecule has 1 aromatic heterocycles. The molecule has 2 aromatic rings. The first kappa shape index (κ1) is 16.4. The van der Waals surface area contributed by atoms with Crippen molar-refractivity contribution in [2.45, 2.75) is 27.3 Å². The molecule has 0 saturated carbocycles. The largest absolute Gasteiger partial charge is 0.354 e. The van der Waals surface area contributed by atoms with Gasteiger partial charge in [0.2, 0.25) is 0 Å². The number of Topliss-reactive ketones (excluding diaryl/α,β-unsaturated/α-hetero) is 1. The second kappa shape index (κ2) is 6.44. The fourth-order valence-electron chi connectivity index (χ4n) is 2.45. The first-order valence-electron chi connectivity index (χ1n) is 6.73. The Bertz CT molecular complexity index is 753. The number of H-pyrrole nitrogens is 1. The van der Waals surface area contributed by atoms with Crippen LogP contribution in [0.15, 0.2) is 22.7 Å². The molecule has 0 aliphatic heterocycles. The number of carbonyl (C=O) groups is 2. The Morgan fingerprint density at radius 3 is 2.59 bits per heavy atom. The van der Waals surface area contributed by atoms with Gasteiger partial charge in [0.1, 0.15) is 11.5 Å². The average molecular weight is 367 g/mol. The number of nitrogens with one attached hydrogen (secondary N) is 2. The van der Waals surface area contributed by atoms with Crippen molar-refractivity contribution in [2.24, 2.45) is 0 Å². The lowest BCUT2D eigenvalue weighted by Gasteiger charge is -2.07. The standard InChI is InChI=1S/C16H16BrFN2O2/c1-8-14(10(3)21)9(2)20-15(8)16(22)19-7-11-6-12(18)4-5-13(11)17/h4-6,20H,7H2,1-3H3,(H,19,22). The van der Waals surface area contributed by atoms with Crippen LogP contribution in [0.4, 0.5) is 4.39 Å². The highest BCUT2D eigenvalue weighted by atomic mass is 79.9. The molecule has 22 heavy (non-hydrogen) atoms. The number of carbonyl (C=O) groups excluding carboxylic acids is 2. The van der Waals surface area contributed by atoms with Crippen LogP contribution in [-0.4, -0.2) is 16.7 Å². The van der Waals surface area contributed by atoms with Gasteiger partial charge in [0.25, 0.3) is 5.91 Å². The molecule has 0 fully saturated rings. The van der Waals surface area contributed by atoms with Gasteiger partial charge in [-0.25, -0.2) is 4.39 Å². The van der Waals surface area contributed by atoms with Crippen LogP contribution in [0.1, 0.15) is 44.6 Å². The number of ketones is 1. The van der Waals surface area contributed by atoms with Crippen LogP contribution in [0.2, 0.25) is 0 Å². The maximum absolute atomic E-state index is 13.2. The summed E-state index contributed by atoms with van der Waals surface area (Å²) in [5.41, 5.74) is 2.83. The summed E-state index contributed by atoms with van der Waals surface area (Å²) in [5.74, 6) is -0.777. The van der Waals surface area contributed by atoms with E-state index in [0.29, 0.717) is 28.1 Å². The molecule has 4 nitrogen and oxygen atoms in total. The fraction of sp³-hybridized carbons (Fsp3) is 0.250. The maximum atomic E-state index is 13.2. The third-order valence-corrected chi connectivity index (χ3v) is 4.24. The SMILES string of the molecule is CC(=O)c1c(C)[nH]c(C(=O)NCc2cc(F)ccc2Br)c1C. The minimum Gasteiger partial charge on any atom is -0.354 e. The molecule has 116 valence electrons. The number of aryl methyl sites for hydroxylation is 1. The van der Waals surface area contributed by atoms with Crippen LogP contribution in [0.5, 0.6) is 0 Å². The summed E-state index contributed by atoms with van der Waals surface area (Å²) in [5, 5.41) is 2.73. The summed E-state index contributed by atoms with van der Waals surface area (Å²) < 4.78 is 13.9. The van der Waals surface area contributed by atoms with Gasteiger partial charge in [0.05, 0.1) is 0 Å². The number of amides is 1. The van der Waals surface area contributed by atoms with E-state index in [4.69, 9.17) is 0 Å². The molecule has 0 radical (unpaired) electrons. The first-order chi connectivity index (χ1) is 10.3. The summed E-state index contributed by atoms with van der Waals surface area (Å²) in [7, 11) is 0. The molecule has 1 amide bonds. The predicted octanol–water partition coefficient (Wildman–Crippen LogP) is 3.67. The van der Waals surface area contributed by atoms with E-state index in [-0.39, 0.29) is 24.1 Å². The molecule has 0 aliphatic rings. The number of benzene rings is 1. The highest BCUT2D eigenvalue weighted by Crippen LogP contribution is 2.20. The van der Waals surface area contributed by atoms with Crippen molar-refractivity contribution in [1.82, 2.24) is 10.3 Å². The van der Waals surface area contributed by atoms with Crippen molar-refractivity contribution in [3.8, 4) is 0 Å². The van der Waals surface area contributed by atoms with Crippen molar-refractivity contribution in [3.63, 3.8) is 0 Å². The lowest BCUT2D eigenvalue weighted by atomic mass is 10.1. The van der Waals surface area contributed by atoms with Gasteiger partial charge in [0.15, 0.2) is 5.78 Å². The monoisotopic (exact) mass is 366 g/mol. The molecule has 0 unspecified atom stereocenters. The van der Waals surface area contributed by atoms with Crippen molar-refractivity contribution in [2.75, 3.05) is 0 Å². The van der Waals surface area contributed by atoms with E-state index in [1.54, 1.807) is 19.9 Å².